The van der Waals surface area contributed by atoms with Gasteiger partial charge in [-0.15, -0.1) is 0 Å². The van der Waals surface area contributed by atoms with Gasteiger partial charge in [-0.2, -0.15) is 0 Å². The number of amides is 1. The van der Waals surface area contributed by atoms with E-state index >= 15 is 0 Å². The highest BCUT2D eigenvalue weighted by molar-refractivity contribution is 5.76. The first kappa shape index (κ1) is 14.8. The van der Waals surface area contributed by atoms with E-state index < -0.39 is 0 Å². The SMILES string of the molecule is CCOCC1CCCN(C(=O)CC2CCNCC2)C1. The third-order valence-electron chi connectivity index (χ3n) is 4.35. The lowest BCUT2D eigenvalue weighted by Gasteiger charge is -2.34. The highest BCUT2D eigenvalue weighted by Crippen LogP contribution is 2.21. The lowest BCUT2D eigenvalue weighted by molar-refractivity contribution is -0.134. The smallest absolute Gasteiger partial charge is 0.222 e. The van der Waals surface area contributed by atoms with Gasteiger partial charge in [0.1, 0.15) is 0 Å². The van der Waals surface area contributed by atoms with E-state index in [2.05, 4.69) is 10.2 Å². The molecule has 4 heteroatoms. The number of nitrogens with zero attached hydrogens (tertiary/aromatic N) is 1. The Morgan fingerprint density at radius 2 is 2.05 bits per heavy atom. The fraction of sp³-hybridized carbons (Fsp3) is 0.933. The van der Waals surface area contributed by atoms with Gasteiger partial charge in [0, 0.05) is 26.1 Å². The minimum Gasteiger partial charge on any atom is -0.381 e. The zero-order valence-corrected chi connectivity index (χ0v) is 12.2. The molecule has 110 valence electrons. The summed E-state index contributed by atoms with van der Waals surface area (Å²) in [7, 11) is 0. The molecule has 0 aliphatic carbocycles. The van der Waals surface area contributed by atoms with E-state index in [1.807, 2.05) is 6.92 Å². The number of rotatable bonds is 5. The van der Waals surface area contributed by atoms with Crippen molar-refractivity contribution in [2.45, 2.75) is 39.0 Å². The summed E-state index contributed by atoms with van der Waals surface area (Å²) >= 11 is 0. The van der Waals surface area contributed by atoms with Gasteiger partial charge < -0.3 is 15.0 Å². The molecule has 1 N–H and O–H groups in total. The minimum atomic E-state index is 0.369. The predicted molar refractivity (Wildman–Crippen MR) is 76.0 cm³/mol. The average molecular weight is 268 g/mol. The van der Waals surface area contributed by atoms with Gasteiger partial charge in [0.2, 0.25) is 5.91 Å². The van der Waals surface area contributed by atoms with Gasteiger partial charge >= 0.3 is 0 Å². The molecule has 0 aromatic carbocycles. The molecule has 0 saturated carbocycles. The topological polar surface area (TPSA) is 41.6 Å². The Morgan fingerprint density at radius 3 is 2.79 bits per heavy atom. The zero-order chi connectivity index (χ0) is 13.5. The average Bonchev–Trinajstić information content (AvgIpc) is 2.46. The van der Waals surface area contributed by atoms with Crippen LogP contribution in [0.2, 0.25) is 0 Å². The van der Waals surface area contributed by atoms with Gasteiger partial charge in [-0.25, -0.2) is 0 Å². The van der Waals surface area contributed by atoms with Gasteiger partial charge in [0.05, 0.1) is 6.61 Å². The Morgan fingerprint density at radius 1 is 1.26 bits per heavy atom. The number of hydrogen-bond acceptors (Lipinski definition) is 3. The second kappa shape index (κ2) is 7.85. The fourth-order valence-electron chi connectivity index (χ4n) is 3.17. The van der Waals surface area contributed by atoms with Crippen LogP contribution >= 0.6 is 0 Å². The summed E-state index contributed by atoms with van der Waals surface area (Å²) in [6, 6.07) is 0. The monoisotopic (exact) mass is 268 g/mol. The van der Waals surface area contributed by atoms with Gasteiger partial charge in [0.25, 0.3) is 0 Å². The Labute approximate surface area is 116 Å². The minimum absolute atomic E-state index is 0.369. The third-order valence-corrected chi connectivity index (χ3v) is 4.35. The van der Waals surface area contributed by atoms with Crippen LogP contribution in [-0.4, -0.2) is 50.2 Å². The summed E-state index contributed by atoms with van der Waals surface area (Å²) in [5.41, 5.74) is 0. The number of carbonyl (C=O) groups excluding carboxylic acids is 1. The van der Waals surface area contributed by atoms with E-state index in [1.54, 1.807) is 0 Å². The molecule has 4 nitrogen and oxygen atoms in total. The second-order valence-electron chi connectivity index (χ2n) is 5.90. The van der Waals surface area contributed by atoms with Crippen molar-refractivity contribution >= 4 is 5.91 Å². The quantitative estimate of drug-likeness (QED) is 0.824. The normalized spacial score (nSPS) is 25.5. The van der Waals surface area contributed by atoms with Gasteiger partial charge in [-0.1, -0.05) is 0 Å². The molecule has 2 rings (SSSR count). The summed E-state index contributed by atoms with van der Waals surface area (Å²) in [6.07, 6.45) is 5.40. The van der Waals surface area contributed by atoms with Crippen molar-refractivity contribution in [1.29, 1.82) is 0 Å². The van der Waals surface area contributed by atoms with Gasteiger partial charge in [0.15, 0.2) is 0 Å². The maximum absolute atomic E-state index is 12.4. The van der Waals surface area contributed by atoms with Crippen LogP contribution in [0.4, 0.5) is 0 Å². The molecule has 0 aromatic rings. The summed E-state index contributed by atoms with van der Waals surface area (Å²) in [5.74, 6) is 1.51. The molecule has 19 heavy (non-hydrogen) atoms. The lowest BCUT2D eigenvalue weighted by Crippen LogP contribution is -2.42. The Hall–Kier alpha value is -0.610. The third kappa shape index (κ3) is 4.77. The van der Waals surface area contributed by atoms with Crippen LogP contribution in [0.1, 0.15) is 39.0 Å². The van der Waals surface area contributed by atoms with E-state index in [-0.39, 0.29) is 0 Å². The second-order valence-corrected chi connectivity index (χ2v) is 5.90. The standard InChI is InChI=1S/C15H28N2O2/c1-2-19-12-14-4-3-9-17(11-14)15(18)10-13-5-7-16-8-6-13/h13-14,16H,2-12H2,1H3. The summed E-state index contributed by atoms with van der Waals surface area (Å²) in [6.45, 7) is 7.63. The first-order valence-electron chi connectivity index (χ1n) is 7.85. The molecule has 2 aliphatic rings. The predicted octanol–water partition coefficient (Wildman–Crippen LogP) is 1.65. The maximum Gasteiger partial charge on any atom is 0.222 e. The van der Waals surface area contributed by atoms with Crippen LogP contribution in [0.3, 0.4) is 0 Å². The molecule has 2 aliphatic heterocycles. The van der Waals surface area contributed by atoms with Crippen LogP contribution in [0.25, 0.3) is 0 Å². The van der Waals surface area contributed by atoms with Crippen LogP contribution < -0.4 is 5.32 Å². The van der Waals surface area contributed by atoms with Crippen molar-refractivity contribution in [1.82, 2.24) is 10.2 Å². The first-order chi connectivity index (χ1) is 9.29. The Kier molecular flexibility index (Phi) is 6.11. The van der Waals surface area contributed by atoms with E-state index in [9.17, 15) is 4.79 Å². The molecule has 2 fully saturated rings. The highest BCUT2D eigenvalue weighted by Gasteiger charge is 2.26. The van der Waals surface area contributed by atoms with Crippen molar-refractivity contribution in [3.63, 3.8) is 0 Å². The van der Waals surface area contributed by atoms with E-state index in [0.717, 1.165) is 65.1 Å². The number of likely N-dealkylation sites (tertiary alicyclic amines) is 1. The maximum atomic E-state index is 12.4. The molecular formula is C15H28N2O2. The zero-order valence-electron chi connectivity index (χ0n) is 12.2. The lowest BCUT2D eigenvalue weighted by atomic mass is 9.92. The number of ether oxygens (including phenoxy) is 1. The molecule has 0 radical (unpaired) electrons. The summed E-state index contributed by atoms with van der Waals surface area (Å²) in [4.78, 5) is 14.4. The summed E-state index contributed by atoms with van der Waals surface area (Å²) in [5, 5.41) is 3.36. The van der Waals surface area contributed by atoms with Crippen molar-refractivity contribution in [3.8, 4) is 0 Å². The van der Waals surface area contributed by atoms with Crippen molar-refractivity contribution < 1.29 is 9.53 Å². The largest absolute Gasteiger partial charge is 0.381 e. The van der Waals surface area contributed by atoms with Crippen LogP contribution in [0.15, 0.2) is 0 Å². The van der Waals surface area contributed by atoms with Crippen molar-refractivity contribution in [2.24, 2.45) is 11.8 Å². The molecule has 1 unspecified atom stereocenters. The number of hydrogen-bond donors (Lipinski definition) is 1. The van der Waals surface area contributed by atoms with Gasteiger partial charge in [-0.3, -0.25) is 4.79 Å². The van der Waals surface area contributed by atoms with Crippen LogP contribution in [0, 0.1) is 11.8 Å². The molecule has 2 saturated heterocycles. The number of nitrogens with one attached hydrogen (secondary N) is 1. The molecular weight excluding hydrogens is 240 g/mol. The number of piperidine rings is 2. The Balaban J connectivity index is 1.74. The molecule has 0 spiro atoms. The highest BCUT2D eigenvalue weighted by atomic mass is 16.5. The molecule has 0 aromatic heterocycles. The molecule has 2 heterocycles. The van der Waals surface area contributed by atoms with Crippen molar-refractivity contribution in [3.05, 3.63) is 0 Å². The van der Waals surface area contributed by atoms with E-state index in [0.29, 0.717) is 17.7 Å². The fourth-order valence-corrected chi connectivity index (χ4v) is 3.17. The van der Waals surface area contributed by atoms with Crippen molar-refractivity contribution in [2.75, 3.05) is 39.4 Å². The van der Waals surface area contributed by atoms with Crippen LogP contribution in [0.5, 0.6) is 0 Å². The molecule has 0 bridgehead atoms. The van der Waals surface area contributed by atoms with E-state index in [4.69, 9.17) is 4.74 Å². The Bertz CT molecular complexity index is 277. The summed E-state index contributed by atoms with van der Waals surface area (Å²) < 4.78 is 5.50. The van der Waals surface area contributed by atoms with E-state index in [1.165, 1.54) is 6.42 Å². The number of carbonyl (C=O) groups is 1. The van der Waals surface area contributed by atoms with Crippen LogP contribution in [-0.2, 0) is 9.53 Å². The first-order valence-corrected chi connectivity index (χ1v) is 7.85. The van der Waals surface area contributed by atoms with Gasteiger partial charge in [-0.05, 0) is 57.5 Å². The molecule has 1 atom stereocenters. The molecule has 1 amide bonds.